The molecule has 4 rings (SSSR count). The molecule has 1 saturated heterocycles. The summed E-state index contributed by atoms with van der Waals surface area (Å²) in [6.45, 7) is 1.07. The first-order valence-corrected chi connectivity index (χ1v) is 9.36. The van der Waals surface area contributed by atoms with Gasteiger partial charge >= 0.3 is 0 Å². The van der Waals surface area contributed by atoms with Crippen molar-refractivity contribution in [2.45, 2.75) is 6.42 Å². The predicted molar refractivity (Wildman–Crippen MR) is 110 cm³/mol. The van der Waals surface area contributed by atoms with Crippen LogP contribution in [-0.4, -0.2) is 32.0 Å². The number of hydrogen-bond acceptors (Lipinski definition) is 3. The molecule has 1 fully saturated rings. The van der Waals surface area contributed by atoms with Crippen molar-refractivity contribution in [1.29, 1.82) is 0 Å². The standard InChI is InChI=1S/C23H22N2O3/c1-28-19-11-9-18(10-12-19)25-15-16(13-22(25)26)14-24-23(27)21-8-4-6-17-5-2-3-7-20(17)21/h2-12,16H,13-15H2,1H3,(H,24,27). The number of benzene rings is 3. The van der Waals surface area contributed by atoms with Crippen molar-refractivity contribution in [3.05, 3.63) is 72.3 Å². The number of rotatable bonds is 5. The van der Waals surface area contributed by atoms with Crippen molar-refractivity contribution in [3.63, 3.8) is 0 Å². The van der Waals surface area contributed by atoms with E-state index < -0.39 is 0 Å². The van der Waals surface area contributed by atoms with E-state index in [1.807, 2.05) is 66.7 Å². The van der Waals surface area contributed by atoms with Gasteiger partial charge in [0.2, 0.25) is 5.91 Å². The number of carbonyl (C=O) groups excluding carboxylic acids is 2. The molecule has 1 N–H and O–H groups in total. The van der Waals surface area contributed by atoms with Crippen LogP contribution in [0.25, 0.3) is 10.8 Å². The number of anilines is 1. The third kappa shape index (κ3) is 3.56. The number of carbonyl (C=O) groups is 2. The van der Waals surface area contributed by atoms with Crippen molar-refractivity contribution < 1.29 is 14.3 Å². The van der Waals surface area contributed by atoms with Crippen LogP contribution in [0.4, 0.5) is 5.69 Å². The van der Waals surface area contributed by atoms with Crippen molar-refractivity contribution in [2.75, 3.05) is 25.1 Å². The highest BCUT2D eigenvalue weighted by Crippen LogP contribution is 2.26. The largest absolute Gasteiger partial charge is 0.497 e. The number of fused-ring (bicyclic) bond motifs is 1. The van der Waals surface area contributed by atoms with Gasteiger partial charge in [0, 0.05) is 36.7 Å². The number of hydrogen-bond donors (Lipinski definition) is 1. The minimum Gasteiger partial charge on any atom is -0.497 e. The summed E-state index contributed by atoms with van der Waals surface area (Å²) in [5, 5.41) is 4.98. The van der Waals surface area contributed by atoms with Crippen LogP contribution in [0.3, 0.4) is 0 Å². The van der Waals surface area contributed by atoms with E-state index in [1.54, 1.807) is 12.0 Å². The van der Waals surface area contributed by atoms with Crippen LogP contribution in [0, 0.1) is 5.92 Å². The highest BCUT2D eigenvalue weighted by molar-refractivity contribution is 6.07. The Balaban J connectivity index is 1.41. The van der Waals surface area contributed by atoms with Crippen LogP contribution in [0.15, 0.2) is 66.7 Å². The first kappa shape index (κ1) is 18.0. The molecular weight excluding hydrogens is 352 g/mol. The molecule has 0 saturated carbocycles. The quantitative estimate of drug-likeness (QED) is 0.742. The van der Waals surface area contributed by atoms with Gasteiger partial charge in [-0.25, -0.2) is 0 Å². The normalized spacial score (nSPS) is 16.4. The molecule has 0 radical (unpaired) electrons. The molecule has 0 aliphatic carbocycles. The summed E-state index contributed by atoms with van der Waals surface area (Å²) in [7, 11) is 1.62. The third-order valence-electron chi connectivity index (χ3n) is 5.17. The molecule has 0 aromatic heterocycles. The van der Waals surface area contributed by atoms with Crippen LogP contribution in [0.5, 0.6) is 5.75 Å². The van der Waals surface area contributed by atoms with Crippen molar-refractivity contribution in [2.24, 2.45) is 5.92 Å². The number of methoxy groups -OCH3 is 1. The van der Waals surface area contributed by atoms with Gasteiger partial charge in [-0.15, -0.1) is 0 Å². The predicted octanol–water partition coefficient (Wildman–Crippen LogP) is 3.63. The fourth-order valence-electron chi connectivity index (χ4n) is 3.69. The van der Waals surface area contributed by atoms with Gasteiger partial charge in [-0.1, -0.05) is 36.4 Å². The van der Waals surface area contributed by atoms with Gasteiger partial charge in [0.1, 0.15) is 5.75 Å². The number of amides is 2. The molecule has 3 aromatic carbocycles. The number of nitrogens with one attached hydrogen (secondary N) is 1. The Bertz CT molecular complexity index is 1010. The zero-order valence-electron chi connectivity index (χ0n) is 15.7. The summed E-state index contributed by atoms with van der Waals surface area (Å²) in [5.74, 6) is 0.824. The lowest BCUT2D eigenvalue weighted by Crippen LogP contribution is -2.31. The van der Waals surface area contributed by atoms with Crippen LogP contribution < -0.4 is 15.0 Å². The molecule has 0 spiro atoms. The maximum Gasteiger partial charge on any atom is 0.251 e. The van der Waals surface area contributed by atoms with Gasteiger partial charge in [0.25, 0.3) is 5.91 Å². The maximum atomic E-state index is 12.7. The van der Waals surface area contributed by atoms with E-state index in [9.17, 15) is 9.59 Å². The average Bonchev–Trinajstić information content (AvgIpc) is 3.12. The van der Waals surface area contributed by atoms with Gasteiger partial charge in [-0.2, -0.15) is 0 Å². The topological polar surface area (TPSA) is 58.6 Å². The fraction of sp³-hybridized carbons (Fsp3) is 0.217. The fourth-order valence-corrected chi connectivity index (χ4v) is 3.69. The Morgan fingerprint density at radius 1 is 1.07 bits per heavy atom. The molecule has 0 bridgehead atoms. The second-order valence-corrected chi connectivity index (χ2v) is 7.01. The minimum absolute atomic E-state index is 0.0783. The molecule has 3 aromatic rings. The lowest BCUT2D eigenvalue weighted by atomic mass is 10.0. The summed E-state index contributed by atoms with van der Waals surface area (Å²) in [4.78, 5) is 26.9. The van der Waals surface area contributed by atoms with Gasteiger partial charge in [0.05, 0.1) is 7.11 Å². The Hall–Kier alpha value is -3.34. The van der Waals surface area contributed by atoms with Crippen LogP contribution in [0.1, 0.15) is 16.8 Å². The molecule has 1 aliphatic rings. The smallest absolute Gasteiger partial charge is 0.251 e. The lowest BCUT2D eigenvalue weighted by Gasteiger charge is -2.17. The van der Waals surface area contributed by atoms with E-state index in [4.69, 9.17) is 4.74 Å². The second-order valence-electron chi connectivity index (χ2n) is 7.01. The molecule has 5 heteroatoms. The Morgan fingerprint density at radius 3 is 2.61 bits per heavy atom. The van der Waals surface area contributed by atoms with Gasteiger partial charge in [-0.05, 0) is 41.1 Å². The zero-order valence-corrected chi connectivity index (χ0v) is 15.7. The molecule has 5 nitrogen and oxygen atoms in total. The summed E-state index contributed by atoms with van der Waals surface area (Å²) >= 11 is 0. The highest BCUT2D eigenvalue weighted by Gasteiger charge is 2.30. The summed E-state index contributed by atoms with van der Waals surface area (Å²) in [6, 6.07) is 21.0. The van der Waals surface area contributed by atoms with E-state index >= 15 is 0 Å². The monoisotopic (exact) mass is 374 g/mol. The summed E-state index contributed by atoms with van der Waals surface area (Å²) in [5.41, 5.74) is 1.52. The van der Waals surface area contributed by atoms with E-state index in [1.165, 1.54) is 0 Å². The Labute approximate surface area is 163 Å². The number of nitrogens with zero attached hydrogens (tertiary/aromatic N) is 1. The molecule has 28 heavy (non-hydrogen) atoms. The zero-order chi connectivity index (χ0) is 19.5. The molecule has 2 amide bonds. The SMILES string of the molecule is COc1ccc(N2CC(CNC(=O)c3cccc4ccccc34)CC2=O)cc1. The second kappa shape index (κ2) is 7.72. The van der Waals surface area contributed by atoms with Gasteiger partial charge in [0.15, 0.2) is 0 Å². The number of ether oxygens (including phenoxy) is 1. The molecule has 1 heterocycles. The third-order valence-corrected chi connectivity index (χ3v) is 5.17. The molecule has 142 valence electrons. The maximum absolute atomic E-state index is 12.7. The Morgan fingerprint density at radius 2 is 1.82 bits per heavy atom. The van der Waals surface area contributed by atoms with E-state index in [0.717, 1.165) is 22.2 Å². The molecular formula is C23H22N2O3. The van der Waals surface area contributed by atoms with Crippen molar-refractivity contribution in [1.82, 2.24) is 5.32 Å². The van der Waals surface area contributed by atoms with E-state index in [-0.39, 0.29) is 17.7 Å². The van der Waals surface area contributed by atoms with Crippen LogP contribution >= 0.6 is 0 Å². The van der Waals surface area contributed by atoms with E-state index in [2.05, 4.69) is 5.32 Å². The molecule has 1 unspecified atom stereocenters. The highest BCUT2D eigenvalue weighted by atomic mass is 16.5. The first-order chi connectivity index (χ1) is 13.7. The average molecular weight is 374 g/mol. The summed E-state index contributed by atoms with van der Waals surface area (Å²) in [6.07, 6.45) is 0.432. The van der Waals surface area contributed by atoms with Crippen molar-refractivity contribution in [3.8, 4) is 5.75 Å². The van der Waals surface area contributed by atoms with Gasteiger partial charge < -0.3 is 15.0 Å². The minimum atomic E-state index is -0.104. The lowest BCUT2D eigenvalue weighted by molar-refractivity contribution is -0.117. The molecule has 1 atom stereocenters. The van der Waals surface area contributed by atoms with Crippen molar-refractivity contribution >= 4 is 28.3 Å². The van der Waals surface area contributed by atoms with Crippen LogP contribution in [0.2, 0.25) is 0 Å². The summed E-state index contributed by atoms with van der Waals surface area (Å²) < 4.78 is 5.17. The first-order valence-electron chi connectivity index (χ1n) is 9.36. The van der Waals surface area contributed by atoms with Gasteiger partial charge in [-0.3, -0.25) is 9.59 Å². The van der Waals surface area contributed by atoms with E-state index in [0.29, 0.717) is 25.1 Å². The van der Waals surface area contributed by atoms with Crippen LogP contribution in [-0.2, 0) is 4.79 Å². The molecule has 1 aliphatic heterocycles. The Kier molecular flexibility index (Phi) is 4.98.